The molecule has 0 unspecified atom stereocenters. The van der Waals surface area contributed by atoms with Gasteiger partial charge in [-0.15, -0.1) is 0 Å². The molecule has 0 spiro atoms. The monoisotopic (exact) mass is 327 g/mol. The number of amides is 1. The van der Waals surface area contributed by atoms with Crippen molar-refractivity contribution in [2.75, 3.05) is 52.3 Å². The van der Waals surface area contributed by atoms with Gasteiger partial charge in [-0.3, -0.25) is 4.79 Å². The van der Waals surface area contributed by atoms with Gasteiger partial charge in [-0.05, 0) is 18.2 Å². The van der Waals surface area contributed by atoms with Crippen LogP contribution in [0.1, 0.15) is 0 Å². The Morgan fingerprint density at radius 2 is 2.00 bits per heavy atom. The van der Waals surface area contributed by atoms with Crippen LogP contribution in [-0.2, 0) is 19.6 Å². The van der Waals surface area contributed by atoms with Gasteiger partial charge >= 0.3 is 0 Å². The SMILES string of the molecule is CN(C)C(=O)CNc1cccc(S(=O)(=O)N2CCOCC2)c1. The first-order valence-electron chi connectivity index (χ1n) is 7.03. The lowest BCUT2D eigenvalue weighted by Gasteiger charge is -2.26. The number of benzene rings is 1. The Balaban J connectivity index is 2.11. The highest BCUT2D eigenvalue weighted by Crippen LogP contribution is 2.20. The largest absolute Gasteiger partial charge is 0.379 e. The molecule has 0 radical (unpaired) electrons. The predicted octanol–water partition coefficient (Wildman–Crippen LogP) is 0.208. The van der Waals surface area contributed by atoms with Crippen molar-refractivity contribution in [1.82, 2.24) is 9.21 Å². The van der Waals surface area contributed by atoms with Gasteiger partial charge in [0.25, 0.3) is 0 Å². The molecule has 1 aliphatic heterocycles. The summed E-state index contributed by atoms with van der Waals surface area (Å²) in [4.78, 5) is 13.3. The van der Waals surface area contributed by atoms with E-state index in [4.69, 9.17) is 4.74 Å². The molecule has 1 aliphatic rings. The molecular weight excluding hydrogens is 306 g/mol. The quantitative estimate of drug-likeness (QED) is 0.836. The minimum atomic E-state index is -3.52. The van der Waals surface area contributed by atoms with E-state index < -0.39 is 10.0 Å². The minimum absolute atomic E-state index is 0.0820. The van der Waals surface area contributed by atoms with Gasteiger partial charge in [0.05, 0.1) is 24.7 Å². The normalized spacial score (nSPS) is 16.3. The van der Waals surface area contributed by atoms with Gasteiger partial charge in [0.15, 0.2) is 0 Å². The highest BCUT2D eigenvalue weighted by atomic mass is 32.2. The Hall–Kier alpha value is -1.64. The van der Waals surface area contributed by atoms with Gasteiger partial charge in [0, 0.05) is 32.9 Å². The first kappa shape index (κ1) is 16.7. The van der Waals surface area contributed by atoms with E-state index in [0.717, 1.165) is 0 Å². The number of rotatable bonds is 5. The third-order valence-corrected chi connectivity index (χ3v) is 5.28. The van der Waals surface area contributed by atoms with Crippen molar-refractivity contribution in [2.24, 2.45) is 0 Å². The van der Waals surface area contributed by atoms with Crippen LogP contribution in [0.3, 0.4) is 0 Å². The number of carbonyl (C=O) groups excluding carboxylic acids is 1. The molecule has 1 heterocycles. The molecule has 8 heteroatoms. The van der Waals surface area contributed by atoms with E-state index in [1.54, 1.807) is 38.4 Å². The summed E-state index contributed by atoms with van der Waals surface area (Å²) in [5.41, 5.74) is 0.601. The van der Waals surface area contributed by atoms with Crippen molar-refractivity contribution in [3.8, 4) is 0 Å². The van der Waals surface area contributed by atoms with Gasteiger partial charge in [0.2, 0.25) is 15.9 Å². The number of morpholine rings is 1. The Bertz CT molecular complexity index is 625. The van der Waals surface area contributed by atoms with Crippen LogP contribution < -0.4 is 5.32 Å². The number of nitrogens with one attached hydrogen (secondary N) is 1. The van der Waals surface area contributed by atoms with Crippen LogP contribution in [0, 0.1) is 0 Å². The first-order chi connectivity index (χ1) is 10.4. The van der Waals surface area contributed by atoms with Crippen molar-refractivity contribution in [3.63, 3.8) is 0 Å². The molecule has 2 rings (SSSR count). The molecule has 0 aliphatic carbocycles. The molecule has 22 heavy (non-hydrogen) atoms. The molecule has 7 nitrogen and oxygen atoms in total. The van der Waals surface area contributed by atoms with E-state index in [9.17, 15) is 13.2 Å². The topological polar surface area (TPSA) is 79.0 Å². The summed E-state index contributed by atoms with van der Waals surface area (Å²) in [7, 11) is -0.182. The number of sulfonamides is 1. The van der Waals surface area contributed by atoms with Crippen LogP contribution in [0.5, 0.6) is 0 Å². The second kappa shape index (κ2) is 7.08. The van der Waals surface area contributed by atoms with Gasteiger partial charge in [-0.2, -0.15) is 4.31 Å². The zero-order chi connectivity index (χ0) is 16.2. The van der Waals surface area contributed by atoms with Crippen LogP contribution >= 0.6 is 0 Å². The Labute approximate surface area is 130 Å². The van der Waals surface area contributed by atoms with Gasteiger partial charge in [0.1, 0.15) is 0 Å². The molecule has 1 fully saturated rings. The highest BCUT2D eigenvalue weighted by molar-refractivity contribution is 7.89. The maximum atomic E-state index is 12.6. The van der Waals surface area contributed by atoms with Crippen molar-refractivity contribution >= 4 is 21.6 Å². The molecule has 0 aromatic heterocycles. The van der Waals surface area contributed by atoms with Gasteiger partial charge in [-0.1, -0.05) is 6.07 Å². The molecule has 0 bridgehead atoms. The summed E-state index contributed by atoms with van der Waals surface area (Å²) < 4.78 is 31.7. The second-order valence-electron chi connectivity index (χ2n) is 5.19. The molecule has 0 saturated carbocycles. The van der Waals surface area contributed by atoms with Gasteiger partial charge in [-0.25, -0.2) is 8.42 Å². The number of likely N-dealkylation sites (N-methyl/N-ethyl adjacent to an activating group) is 1. The summed E-state index contributed by atoms with van der Waals surface area (Å²) in [5.74, 6) is -0.0820. The molecule has 1 aromatic carbocycles. The first-order valence-corrected chi connectivity index (χ1v) is 8.47. The minimum Gasteiger partial charge on any atom is -0.379 e. The van der Waals surface area contributed by atoms with E-state index in [1.165, 1.54) is 9.21 Å². The van der Waals surface area contributed by atoms with Crippen LogP contribution in [0.4, 0.5) is 5.69 Å². The zero-order valence-corrected chi connectivity index (χ0v) is 13.6. The Morgan fingerprint density at radius 1 is 1.32 bits per heavy atom. The summed E-state index contributed by atoms with van der Waals surface area (Å²) in [5, 5.41) is 2.94. The van der Waals surface area contributed by atoms with E-state index in [0.29, 0.717) is 32.0 Å². The molecular formula is C14H21N3O4S. The van der Waals surface area contributed by atoms with Crippen LogP contribution in [-0.4, -0.2) is 70.5 Å². The number of nitrogens with zero attached hydrogens (tertiary/aromatic N) is 2. The third kappa shape index (κ3) is 3.96. The summed E-state index contributed by atoms with van der Waals surface area (Å²) >= 11 is 0. The fourth-order valence-corrected chi connectivity index (χ4v) is 3.49. The predicted molar refractivity (Wildman–Crippen MR) is 83.2 cm³/mol. The van der Waals surface area contributed by atoms with Crippen molar-refractivity contribution < 1.29 is 17.9 Å². The fraction of sp³-hybridized carbons (Fsp3) is 0.500. The lowest BCUT2D eigenvalue weighted by atomic mass is 10.3. The number of hydrogen-bond donors (Lipinski definition) is 1. The molecule has 1 amide bonds. The Morgan fingerprint density at radius 3 is 2.64 bits per heavy atom. The average molecular weight is 327 g/mol. The lowest BCUT2D eigenvalue weighted by Crippen LogP contribution is -2.40. The smallest absolute Gasteiger partial charge is 0.243 e. The molecule has 122 valence electrons. The number of ether oxygens (including phenoxy) is 1. The van der Waals surface area contributed by atoms with E-state index in [-0.39, 0.29) is 17.3 Å². The summed E-state index contributed by atoms with van der Waals surface area (Å²) in [6, 6.07) is 6.51. The molecule has 1 N–H and O–H groups in total. The van der Waals surface area contributed by atoms with Crippen LogP contribution in [0.25, 0.3) is 0 Å². The Kier molecular flexibility index (Phi) is 5.38. The lowest BCUT2D eigenvalue weighted by molar-refractivity contribution is -0.126. The van der Waals surface area contributed by atoms with Crippen molar-refractivity contribution in [2.45, 2.75) is 4.90 Å². The van der Waals surface area contributed by atoms with Gasteiger partial charge < -0.3 is 15.0 Å². The number of carbonyl (C=O) groups is 1. The second-order valence-corrected chi connectivity index (χ2v) is 7.12. The van der Waals surface area contributed by atoms with Crippen LogP contribution in [0.15, 0.2) is 29.2 Å². The van der Waals surface area contributed by atoms with Crippen molar-refractivity contribution in [1.29, 1.82) is 0 Å². The average Bonchev–Trinajstić information content (AvgIpc) is 2.53. The molecule has 0 atom stereocenters. The van der Waals surface area contributed by atoms with E-state index in [1.807, 2.05) is 0 Å². The van der Waals surface area contributed by atoms with E-state index >= 15 is 0 Å². The number of hydrogen-bond acceptors (Lipinski definition) is 5. The van der Waals surface area contributed by atoms with E-state index in [2.05, 4.69) is 5.32 Å². The third-order valence-electron chi connectivity index (χ3n) is 3.38. The maximum absolute atomic E-state index is 12.6. The summed E-state index contributed by atoms with van der Waals surface area (Å²) in [6.07, 6.45) is 0. The fourth-order valence-electron chi connectivity index (χ4n) is 2.04. The van der Waals surface area contributed by atoms with Crippen molar-refractivity contribution in [3.05, 3.63) is 24.3 Å². The standard InChI is InChI=1S/C14H21N3O4S/c1-16(2)14(18)11-15-12-4-3-5-13(10-12)22(19,20)17-6-8-21-9-7-17/h3-5,10,15H,6-9,11H2,1-2H3. The maximum Gasteiger partial charge on any atom is 0.243 e. The highest BCUT2D eigenvalue weighted by Gasteiger charge is 2.26. The number of anilines is 1. The zero-order valence-electron chi connectivity index (χ0n) is 12.8. The molecule has 1 aromatic rings. The summed E-state index contributed by atoms with van der Waals surface area (Å²) in [6.45, 7) is 1.66. The molecule has 1 saturated heterocycles. The van der Waals surface area contributed by atoms with Crippen LogP contribution in [0.2, 0.25) is 0 Å².